The van der Waals surface area contributed by atoms with Crippen LogP contribution in [0.5, 0.6) is 0 Å². The van der Waals surface area contributed by atoms with Gasteiger partial charge in [-0.15, -0.1) is 0 Å². The number of aliphatic hydroxyl groups is 2. The molecule has 3 heterocycles. The van der Waals surface area contributed by atoms with E-state index in [2.05, 4.69) is 40.8 Å². The minimum absolute atomic E-state index is 0.0159. The van der Waals surface area contributed by atoms with Gasteiger partial charge >= 0.3 is 5.97 Å². The van der Waals surface area contributed by atoms with E-state index in [1.807, 2.05) is 58.1 Å². The number of rotatable bonds is 13. The number of ether oxygens (including phenoxy) is 6. The van der Waals surface area contributed by atoms with Gasteiger partial charge < -0.3 is 48.0 Å². The van der Waals surface area contributed by atoms with Crippen LogP contribution >= 0.6 is 0 Å². The Bertz CT molecular complexity index is 2080. The molecule has 15 nitrogen and oxygen atoms in total. The molecule has 1 saturated carbocycles. The Morgan fingerprint density at radius 1 is 0.831 bits per heavy atom. The van der Waals surface area contributed by atoms with E-state index >= 15 is 0 Å². The number of esters is 1. The summed E-state index contributed by atoms with van der Waals surface area (Å²) in [5, 5.41) is 23.7. The predicted octanol–water partition coefficient (Wildman–Crippen LogP) is 9.86. The molecule has 2 bridgehead atoms. The molecule has 438 valence electrons. The van der Waals surface area contributed by atoms with Crippen LogP contribution in [0.3, 0.4) is 0 Å². The molecular formula is C61H101NO14Si. The maximum atomic E-state index is 14.6. The highest BCUT2D eigenvalue weighted by Crippen LogP contribution is 2.45. The van der Waals surface area contributed by atoms with Crippen molar-refractivity contribution in [1.29, 1.82) is 0 Å². The maximum Gasteiger partial charge on any atom is 0.329 e. The zero-order chi connectivity index (χ0) is 57.6. The molecule has 2 N–H and O–H groups in total. The van der Waals surface area contributed by atoms with Crippen LogP contribution in [0.15, 0.2) is 47.6 Å². The average Bonchev–Trinajstić information content (AvgIpc) is 3.39. The van der Waals surface area contributed by atoms with Crippen molar-refractivity contribution in [1.82, 2.24) is 4.90 Å². The minimum Gasteiger partial charge on any atom is -0.460 e. The monoisotopic (exact) mass is 1100 g/mol. The summed E-state index contributed by atoms with van der Waals surface area (Å²) >= 11 is 0. The zero-order valence-corrected chi connectivity index (χ0v) is 51.0. The van der Waals surface area contributed by atoms with Crippen molar-refractivity contribution in [2.24, 2.45) is 41.4 Å². The summed E-state index contributed by atoms with van der Waals surface area (Å²) in [5.74, 6) is -7.40. The van der Waals surface area contributed by atoms with Crippen LogP contribution in [0.25, 0.3) is 0 Å². The van der Waals surface area contributed by atoms with E-state index in [4.69, 9.17) is 32.8 Å². The molecule has 0 aromatic rings. The number of aliphatic hydroxyl groups excluding tert-OH is 1. The van der Waals surface area contributed by atoms with E-state index < -0.39 is 86.1 Å². The lowest BCUT2D eigenvalue weighted by molar-refractivity contribution is -0.265. The maximum absolute atomic E-state index is 14.6. The van der Waals surface area contributed by atoms with Gasteiger partial charge in [-0.1, -0.05) is 98.8 Å². The van der Waals surface area contributed by atoms with E-state index in [1.165, 1.54) is 12.0 Å². The number of fused-ring (bicyclic) bond motifs is 3. The van der Waals surface area contributed by atoms with E-state index in [1.54, 1.807) is 41.1 Å². The van der Waals surface area contributed by atoms with Gasteiger partial charge in [0.15, 0.2) is 14.1 Å². The number of Topliss-reactive ketones (excluding diaryl/α,β-unsaturated/α-hetero) is 3. The quantitative estimate of drug-likeness (QED) is 0.0582. The number of carbonyl (C=O) groups is 5. The fourth-order valence-electron chi connectivity index (χ4n) is 11.7. The van der Waals surface area contributed by atoms with Crippen LogP contribution in [-0.4, -0.2) is 148 Å². The molecule has 77 heavy (non-hydrogen) atoms. The van der Waals surface area contributed by atoms with E-state index in [9.17, 15) is 34.2 Å². The lowest BCUT2D eigenvalue weighted by Gasteiger charge is -2.43. The van der Waals surface area contributed by atoms with Crippen molar-refractivity contribution in [3.05, 3.63) is 47.6 Å². The number of methoxy groups -OCH3 is 3. The number of hydrogen-bond acceptors (Lipinski definition) is 14. The largest absolute Gasteiger partial charge is 0.460 e. The number of hydrogen-bond donors (Lipinski definition) is 2. The second-order valence-electron chi connectivity index (χ2n) is 24.7. The van der Waals surface area contributed by atoms with Crippen LogP contribution < -0.4 is 0 Å². The highest BCUT2D eigenvalue weighted by Gasteiger charge is 2.53. The SMILES string of the molecule is CO[C@H]1C[C@@H]2CC[C@@H](C)[C@@](O)(O2)C(=O)C(=O)N2CCCC[C@H]2C(=O)O[C@H]([C@H](C)C[C@H]2CC[C@@H](OCCO[Si](C)(C)C(C)(C)C(C)C)[C@H](OC)C2)CC(=O)[C@H](C)/C=C(\C)[C@@H](O)[C@@H](OC)C(=O)[C@H](C)C[C@H](C)/C=C/C=C/C=C/1C. The standard InChI is InChI=1S/C61H101NO14Si/c1-38(2)60(10,11)77(15,16)74-31-30-73-50-28-26-46(35-53(50)71-13)34-42(6)52-37-49(63)41(5)33-44(8)55(65)56(72-14)54(64)43(7)32-39(3)22-18-17-19-23-40(4)51(70-12)36-47-27-25-45(9)61(69,76-47)57(66)58(67)62-29-21-20-24-48(62)59(68)75-52/h17-19,22-23,33,38-39,41-43,45-48,50-53,55-56,65,69H,20-21,24-32,34-37H2,1-16H3/b19-17+,22-18+,40-23+,44-33+/t39-,41-,42-,43-,45-,46-,47+,48+,50-,51+,52+,53-,55-,56+,61-/m1/s1. The summed E-state index contributed by atoms with van der Waals surface area (Å²) < 4.78 is 43.1. The lowest BCUT2D eigenvalue weighted by Crippen LogP contribution is -2.61. The second-order valence-corrected chi connectivity index (χ2v) is 29.3. The summed E-state index contributed by atoms with van der Waals surface area (Å²) in [4.78, 5) is 72.9. The van der Waals surface area contributed by atoms with Crippen LogP contribution in [0.2, 0.25) is 18.1 Å². The van der Waals surface area contributed by atoms with Gasteiger partial charge in [0.1, 0.15) is 30.1 Å². The topological polar surface area (TPSA) is 194 Å². The molecule has 15 atom stereocenters. The molecule has 4 rings (SSSR count). The fourth-order valence-corrected chi connectivity index (χ4v) is 14.0. The first-order chi connectivity index (χ1) is 36.1. The average molecular weight is 1100 g/mol. The number of cyclic esters (lactones) is 1. The summed E-state index contributed by atoms with van der Waals surface area (Å²) in [5.41, 5.74) is 1.28. The third-order valence-corrected chi connectivity index (χ3v) is 22.9. The Hall–Kier alpha value is -3.19. The van der Waals surface area contributed by atoms with Gasteiger partial charge in [-0.05, 0) is 131 Å². The minimum atomic E-state index is -2.43. The molecule has 3 aliphatic heterocycles. The smallest absolute Gasteiger partial charge is 0.329 e. The Morgan fingerprint density at radius 2 is 1.53 bits per heavy atom. The van der Waals surface area contributed by atoms with Crippen LogP contribution in [-0.2, 0) is 56.8 Å². The highest BCUT2D eigenvalue weighted by molar-refractivity contribution is 6.74. The van der Waals surface area contributed by atoms with Gasteiger partial charge in [0.05, 0.1) is 37.6 Å². The zero-order valence-electron chi connectivity index (χ0n) is 50.0. The molecule has 16 heteroatoms. The second kappa shape index (κ2) is 30.0. The van der Waals surface area contributed by atoms with Gasteiger partial charge in [-0.2, -0.15) is 0 Å². The van der Waals surface area contributed by atoms with Crippen molar-refractivity contribution in [3.8, 4) is 0 Å². The molecule has 0 aromatic carbocycles. The van der Waals surface area contributed by atoms with E-state index in [0.717, 1.165) is 18.4 Å². The van der Waals surface area contributed by atoms with Crippen molar-refractivity contribution in [2.75, 3.05) is 41.1 Å². The number of carbonyl (C=O) groups excluding carboxylic acids is 5. The van der Waals surface area contributed by atoms with Gasteiger partial charge in [-0.3, -0.25) is 19.2 Å². The first-order valence-electron chi connectivity index (χ1n) is 28.9. The van der Waals surface area contributed by atoms with Crippen molar-refractivity contribution in [2.45, 2.75) is 226 Å². The Labute approximate surface area is 463 Å². The Balaban J connectivity index is 1.64. The third-order valence-electron chi connectivity index (χ3n) is 18.3. The number of ketones is 3. The van der Waals surface area contributed by atoms with E-state index in [0.29, 0.717) is 76.1 Å². The normalized spacial score (nSPS) is 36.5. The highest BCUT2D eigenvalue weighted by atomic mass is 28.4. The molecule has 1 aliphatic carbocycles. The molecule has 2 saturated heterocycles. The van der Waals surface area contributed by atoms with Gasteiger partial charge in [0.2, 0.25) is 5.79 Å². The molecule has 1 amide bonds. The van der Waals surface area contributed by atoms with Gasteiger partial charge in [-0.25, -0.2) is 4.79 Å². The molecule has 4 aliphatic rings. The van der Waals surface area contributed by atoms with Gasteiger partial charge in [0.25, 0.3) is 11.7 Å². The van der Waals surface area contributed by atoms with Crippen LogP contribution in [0.4, 0.5) is 0 Å². The number of amides is 1. The summed E-state index contributed by atoms with van der Waals surface area (Å²) in [6, 6.07) is -1.14. The summed E-state index contributed by atoms with van der Waals surface area (Å²) in [6.45, 7) is 27.4. The molecule has 3 fully saturated rings. The summed E-state index contributed by atoms with van der Waals surface area (Å²) in [7, 11) is 2.65. The first-order valence-corrected chi connectivity index (χ1v) is 31.8. The van der Waals surface area contributed by atoms with Crippen LogP contribution in [0.1, 0.15) is 153 Å². The molecule has 0 radical (unpaired) electrons. The molecule has 0 spiro atoms. The summed E-state index contributed by atoms with van der Waals surface area (Å²) in [6.07, 6.45) is 12.3. The molecular weight excluding hydrogens is 999 g/mol. The predicted molar refractivity (Wildman–Crippen MR) is 301 cm³/mol. The van der Waals surface area contributed by atoms with Crippen molar-refractivity contribution < 1.29 is 67.0 Å². The Morgan fingerprint density at radius 3 is 2.18 bits per heavy atom. The number of piperidine rings is 1. The number of allylic oxidation sites excluding steroid dienone is 6. The van der Waals surface area contributed by atoms with Crippen LogP contribution in [0, 0.1) is 41.4 Å². The fraction of sp³-hybridized carbons (Fsp3) is 0.787. The first kappa shape index (κ1) is 66.3. The Kier molecular flexibility index (Phi) is 25.9. The number of nitrogens with zero attached hydrogens (tertiary/aromatic N) is 1. The third kappa shape index (κ3) is 17.7. The molecule has 0 aromatic heterocycles. The van der Waals surface area contributed by atoms with Gasteiger partial charge in [0, 0.05) is 58.5 Å². The lowest BCUT2D eigenvalue weighted by atomic mass is 9.78. The van der Waals surface area contributed by atoms with E-state index in [-0.39, 0.29) is 66.0 Å². The molecule has 0 unspecified atom stereocenters. The van der Waals surface area contributed by atoms with Crippen molar-refractivity contribution >= 4 is 37.5 Å². The van der Waals surface area contributed by atoms with Crippen molar-refractivity contribution in [3.63, 3.8) is 0 Å².